The van der Waals surface area contributed by atoms with Crippen molar-refractivity contribution in [3.05, 3.63) is 12.4 Å². The molecule has 1 unspecified atom stereocenters. The molecule has 0 radical (unpaired) electrons. The van der Waals surface area contributed by atoms with Crippen LogP contribution in [0.3, 0.4) is 0 Å². The van der Waals surface area contributed by atoms with Gasteiger partial charge in [-0.2, -0.15) is 31.4 Å². The largest absolute Gasteiger partial charge is 0.455 e. The van der Waals surface area contributed by atoms with Crippen LogP contribution in [0.25, 0.3) is 0 Å². The highest BCUT2D eigenvalue weighted by atomic mass is 32.2. The first-order chi connectivity index (χ1) is 9.35. The summed E-state index contributed by atoms with van der Waals surface area (Å²) in [5.74, 6) is -5.29. The fourth-order valence-electron chi connectivity index (χ4n) is 1.58. The number of aryl methyl sites for hydroxylation is 1. The molecule has 0 fully saturated rings. The van der Waals surface area contributed by atoms with E-state index in [0.29, 0.717) is 7.05 Å². The van der Waals surface area contributed by atoms with Gasteiger partial charge in [-0.05, 0) is 0 Å². The number of likely N-dealkylation sites (N-methyl/N-ethyl adjacent to an activating group) is 1. The van der Waals surface area contributed by atoms with Crippen molar-refractivity contribution in [2.45, 2.75) is 23.0 Å². The molecule has 0 amide bonds. The second-order valence-electron chi connectivity index (χ2n) is 4.24. The Labute approximate surface area is 117 Å². The average Bonchev–Trinajstić information content (AvgIpc) is 2.75. The minimum Gasteiger partial charge on any atom is -0.329 e. The lowest BCUT2D eigenvalue weighted by atomic mass is 10.1. The molecule has 0 saturated heterocycles. The van der Waals surface area contributed by atoms with Crippen molar-refractivity contribution in [2.75, 3.05) is 13.6 Å². The lowest BCUT2D eigenvalue weighted by Crippen LogP contribution is -2.58. The van der Waals surface area contributed by atoms with Crippen molar-refractivity contribution >= 4 is 10.0 Å². The van der Waals surface area contributed by atoms with E-state index in [1.165, 1.54) is 7.05 Å². The van der Waals surface area contributed by atoms with Crippen molar-refractivity contribution in [1.29, 1.82) is 0 Å². The molecule has 122 valence electrons. The van der Waals surface area contributed by atoms with Gasteiger partial charge in [-0.15, -0.1) is 0 Å². The Morgan fingerprint density at radius 1 is 1.38 bits per heavy atom. The van der Waals surface area contributed by atoms with Gasteiger partial charge in [0.2, 0.25) is 10.0 Å². The van der Waals surface area contributed by atoms with Gasteiger partial charge >= 0.3 is 12.1 Å². The van der Waals surface area contributed by atoms with E-state index in [1.54, 1.807) is 0 Å². The highest BCUT2D eigenvalue weighted by Gasteiger charge is 2.64. The molecular weight excluding hydrogens is 323 g/mol. The maximum absolute atomic E-state index is 13.4. The molecule has 0 aliphatic carbocycles. The zero-order valence-corrected chi connectivity index (χ0v) is 11.8. The van der Waals surface area contributed by atoms with Gasteiger partial charge in [-0.3, -0.25) is 4.68 Å². The fourth-order valence-corrected chi connectivity index (χ4v) is 2.93. The average molecular weight is 336 g/mol. The first-order valence-corrected chi connectivity index (χ1v) is 6.91. The lowest BCUT2D eigenvalue weighted by Gasteiger charge is -2.33. The van der Waals surface area contributed by atoms with E-state index < -0.39 is 39.6 Å². The monoisotopic (exact) mass is 336 g/mol. The molecule has 2 N–H and O–H groups in total. The molecule has 1 atom stereocenters. The molecule has 6 nitrogen and oxygen atoms in total. The van der Waals surface area contributed by atoms with E-state index in [2.05, 4.69) is 5.10 Å². The molecule has 0 aromatic carbocycles. The smallest absolute Gasteiger partial charge is 0.329 e. The van der Waals surface area contributed by atoms with Gasteiger partial charge in [0.15, 0.2) is 0 Å². The van der Waals surface area contributed by atoms with Crippen LogP contribution in [0.1, 0.15) is 0 Å². The van der Waals surface area contributed by atoms with Crippen LogP contribution >= 0.6 is 0 Å². The number of halogens is 5. The quantitative estimate of drug-likeness (QED) is 0.797. The highest BCUT2D eigenvalue weighted by molar-refractivity contribution is 7.89. The van der Waals surface area contributed by atoms with E-state index in [0.717, 1.165) is 17.1 Å². The Balaban J connectivity index is 3.24. The molecule has 0 aliphatic rings. The van der Waals surface area contributed by atoms with Crippen LogP contribution in [0, 0.1) is 0 Å². The van der Waals surface area contributed by atoms with Crippen molar-refractivity contribution in [3.63, 3.8) is 0 Å². The van der Waals surface area contributed by atoms with Crippen molar-refractivity contribution < 1.29 is 30.4 Å². The van der Waals surface area contributed by atoms with E-state index in [-0.39, 0.29) is 4.31 Å². The first-order valence-electron chi connectivity index (χ1n) is 5.47. The van der Waals surface area contributed by atoms with E-state index >= 15 is 0 Å². The van der Waals surface area contributed by atoms with Crippen molar-refractivity contribution in [3.8, 4) is 0 Å². The number of sulfonamides is 1. The van der Waals surface area contributed by atoms with Crippen LogP contribution in [0.15, 0.2) is 17.3 Å². The van der Waals surface area contributed by atoms with E-state index in [1.807, 2.05) is 0 Å². The molecule has 0 spiro atoms. The van der Waals surface area contributed by atoms with Crippen molar-refractivity contribution in [2.24, 2.45) is 12.8 Å². The predicted molar refractivity (Wildman–Crippen MR) is 62.0 cm³/mol. The fraction of sp³-hybridized carbons (Fsp3) is 0.667. The number of aromatic nitrogens is 2. The van der Waals surface area contributed by atoms with Gasteiger partial charge < -0.3 is 5.73 Å². The van der Waals surface area contributed by atoms with Crippen LogP contribution in [-0.2, 0) is 17.1 Å². The molecular formula is C9H13F5N4O2S. The van der Waals surface area contributed by atoms with E-state index in [4.69, 9.17) is 5.73 Å². The molecule has 12 heteroatoms. The van der Waals surface area contributed by atoms with Crippen LogP contribution in [0.4, 0.5) is 22.0 Å². The summed E-state index contributed by atoms with van der Waals surface area (Å²) in [7, 11) is -2.61. The van der Waals surface area contributed by atoms with Gasteiger partial charge in [-0.25, -0.2) is 8.42 Å². The summed E-state index contributed by atoms with van der Waals surface area (Å²) in [6.45, 7) is -1.21. The second kappa shape index (κ2) is 5.50. The Morgan fingerprint density at radius 2 is 1.90 bits per heavy atom. The Kier molecular flexibility index (Phi) is 4.65. The molecule has 1 aromatic rings. The van der Waals surface area contributed by atoms with Crippen LogP contribution < -0.4 is 5.73 Å². The Morgan fingerprint density at radius 3 is 2.24 bits per heavy atom. The zero-order valence-electron chi connectivity index (χ0n) is 11.0. The summed E-state index contributed by atoms with van der Waals surface area (Å²) in [6, 6.07) is -2.76. The van der Waals surface area contributed by atoms with E-state index in [9.17, 15) is 30.4 Å². The molecule has 1 heterocycles. The number of nitrogens with zero attached hydrogens (tertiary/aromatic N) is 3. The van der Waals surface area contributed by atoms with Gasteiger partial charge in [0.25, 0.3) is 0 Å². The Hall–Kier alpha value is -1.27. The number of nitrogens with two attached hydrogens (primary N) is 1. The SMILES string of the molecule is CN(C(CN)C(F)(F)C(F)(F)F)S(=O)(=O)c1cnn(C)c1. The molecule has 21 heavy (non-hydrogen) atoms. The van der Waals surface area contributed by atoms with Crippen LogP contribution in [0.2, 0.25) is 0 Å². The first kappa shape index (κ1) is 17.8. The summed E-state index contributed by atoms with van der Waals surface area (Å²) in [5, 5.41) is 3.53. The summed E-state index contributed by atoms with van der Waals surface area (Å²) < 4.78 is 88.9. The minimum absolute atomic E-state index is 0.0858. The van der Waals surface area contributed by atoms with Gasteiger partial charge in [0.1, 0.15) is 10.9 Å². The number of alkyl halides is 5. The standard InChI is InChI=1S/C9H13F5N4O2S/c1-17-5-6(4-16-17)21(19,20)18(2)7(3-15)8(10,11)9(12,13)14/h4-5,7H,3,15H2,1-2H3. The maximum Gasteiger partial charge on any atom is 0.455 e. The third-order valence-corrected chi connectivity index (χ3v) is 4.64. The maximum atomic E-state index is 13.4. The molecule has 0 aliphatic heterocycles. The lowest BCUT2D eigenvalue weighted by molar-refractivity contribution is -0.297. The zero-order chi connectivity index (χ0) is 16.6. The molecule has 1 aromatic heterocycles. The second-order valence-corrected chi connectivity index (χ2v) is 6.24. The summed E-state index contributed by atoms with van der Waals surface area (Å²) >= 11 is 0. The molecule has 1 rings (SSSR count). The Bertz CT molecular complexity index is 598. The van der Waals surface area contributed by atoms with Crippen LogP contribution in [0.5, 0.6) is 0 Å². The summed E-state index contributed by atoms with van der Waals surface area (Å²) in [6.07, 6.45) is -4.11. The van der Waals surface area contributed by atoms with Gasteiger partial charge in [0, 0.05) is 26.8 Å². The highest BCUT2D eigenvalue weighted by Crippen LogP contribution is 2.40. The molecule has 0 bridgehead atoms. The predicted octanol–water partition coefficient (Wildman–Crippen LogP) is 0.565. The summed E-state index contributed by atoms with van der Waals surface area (Å²) in [5.41, 5.74) is 4.93. The van der Waals surface area contributed by atoms with Crippen molar-refractivity contribution in [1.82, 2.24) is 14.1 Å². The van der Waals surface area contributed by atoms with Gasteiger partial charge in [-0.1, -0.05) is 0 Å². The number of rotatable bonds is 5. The normalized spacial score (nSPS) is 15.5. The number of hydrogen-bond acceptors (Lipinski definition) is 4. The summed E-state index contributed by atoms with van der Waals surface area (Å²) in [4.78, 5) is -0.510. The third-order valence-electron chi connectivity index (χ3n) is 2.82. The third kappa shape index (κ3) is 3.16. The minimum atomic E-state index is -5.92. The van der Waals surface area contributed by atoms with Crippen LogP contribution in [-0.4, -0.2) is 54.2 Å². The topological polar surface area (TPSA) is 81.2 Å². The van der Waals surface area contributed by atoms with Gasteiger partial charge in [0.05, 0.1) is 6.20 Å². The number of hydrogen-bond donors (Lipinski definition) is 1. The molecule has 0 saturated carbocycles.